The van der Waals surface area contributed by atoms with E-state index in [4.69, 9.17) is 10.5 Å². The second-order valence-electron chi connectivity index (χ2n) is 5.56. The summed E-state index contributed by atoms with van der Waals surface area (Å²) in [7, 11) is 0. The molecule has 1 aromatic carbocycles. The summed E-state index contributed by atoms with van der Waals surface area (Å²) in [5, 5.41) is 2.62. The Hall–Kier alpha value is -1.78. The van der Waals surface area contributed by atoms with E-state index >= 15 is 0 Å². The molecule has 0 spiro atoms. The van der Waals surface area contributed by atoms with Crippen LogP contribution in [-0.4, -0.2) is 18.2 Å². The molecule has 4 nitrogen and oxygen atoms in total. The molecule has 1 atom stereocenters. The highest BCUT2D eigenvalue weighted by molar-refractivity contribution is 5.67. The molecule has 0 heterocycles. The van der Waals surface area contributed by atoms with Gasteiger partial charge in [-0.2, -0.15) is 0 Å². The molecular weight excluding hydrogens is 247 g/mol. The Balaban J connectivity index is 2.58. The van der Waals surface area contributed by atoms with E-state index in [9.17, 15) is 9.18 Å². The van der Waals surface area contributed by atoms with Gasteiger partial charge in [0.1, 0.15) is 11.4 Å². The van der Waals surface area contributed by atoms with Crippen molar-refractivity contribution in [3.63, 3.8) is 0 Å². The number of nitrogens with one attached hydrogen (secondary N) is 1. The van der Waals surface area contributed by atoms with E-state index in [-0.39, 0.29) is 18.3 Å². The molecule has 0 fully saturated rings. The predicted octanol–water partition coefficient (Wildman–Crippen LogP) is 3.04. The van der Waals surface area contributed by atoms with Crippen LogP contribution in [0.3, 0.4) is 0 Å². The summed E-state index contributed by atoms with van der Waals surface area (Å²) < 4.78 is 18.7. The topological polar surface area (TPSA) is 64.3 Å². The molecule has 0 radical (unpaired) electrons. The number of halogens is 1. The number of hydrogen-bond acceptors (Lipinski definition) is 3. The maximum absolute atomic E-state index is 13.6. The predicted molar refractivity (Wildman–Crippen MR) is 73.5 cm³/mol. The van der Waals surface area contributed by atoms with Crippen molar-refractivity contribution in [2.45, 2.75) is 39.2 Å². The van der Waals surface area contributed by atoms with Crippen molar-refractivity contribution in [2.75, 3.05) is 12.3 Å². The summed E-state index contributed by atoms with van der Waals surface area (Å²) in [4.78, 5) is 11.5. The summed E-state index contributed by atoms with van der Waals surface area (Å²) in [6.07, 6.45) is -0.510. The van der Waals surface area contributed by atoms with E-state index in [2.05, 4.69) is 5.32 Å². The van der Waals surface area contributed by atoms with Crippen molar-refractivity contribution in [3.05, 3.63) is 29.6 Å². The lowest BCUT2D eigenvalue weighted by Crippen LogP contribution is -2.34. The highest BCUT2D eigenvalue weighted by Crippen LogP contribution is 2.21. The second-order valence-corrected chi connectivity index (χ2v) is 5.56. The standard InChI is InChI=1S/C14H21FN2O2/c1-9(8-17-13(18)19-14(2,3)4)11-7-10(16)5-6-12(11)15/h5-7,9H,8,16H2,1-4H3,(H,17,18). The van der Waals surface area contributed by atoms with Gasteiger partial charge in [0.15, 0.2) is 0 Å². The average molecular weight is 268 g/mol. The van der Waals surface area contributed by atoms with E-state index in [0.717, 1.165) is 0 Å². The van der Waals surface area contributed by atoms with Crippen molar-refractivity contribution >= 4 is 11.8 Å². The van der Waals surface area contributed by atoms with E-state index in [0.29, 0.717) is 11.3 Å². The molecule has 1 unspecified atom stereocenters. The van der Waals surface area contributed by atoms with Crippen molar-refractivity contribution in [1.29, 1.82) is 0 Å². The Morgan fingerprint density at radius 1 is 1.47 bits per heavy atom. The largest absolute Gasteiger partial charge is 0.444 e. The molecule has 106 valence electrons. The fourth-order valence-corrected chi connectivity index (χ4v) is 1.60. The fraction of sp³-hybridized carbons (Fsp3) is 0.500. The van der Waals surface area contributed by atoms with Gasteiger partial charge < -0.3 is 15.8 Å². The summed E-state index contributed by atoms with van der Waals surface area (Å²) in [5.74, 6) is -0.510. The van der Waals surface area contributed by atoms with Crippen LogP contribution in [0.15, 0.2) is 18.2 Å². The molecule has 1 amide bonds. The van der Waals surface area contributed by atoms with Crippen LogP contribution in [0, 0.1) is 5.82 Å². The SMILES string of the molecule is CC(CNC(=O)OC(C)(C)C)c1cc(N)ccc1F. The van der Waals surface area contributed by atoms with Crippen molar-refractivity contribution < 1.29 is 13.9 Å². The second kappa shape index (κ2) is 5.91. The molecule has 3 N–H and O–H groups in total. The quantitative estimate of drug-likeness (QED) is 0.828. The molecule has 0 saturated heterocycles. The van der Waals surface area contributed by atoms with Gasteiger partial charge in [0.05, 0.1) is 0 Å². The number of hydrogen-bond donors (Lipinski definition) is 2. The number of benzene rings is 1. The third-order valence-electron chi connectivity index (χ3n) is 2.50. The van der Waals surface area contributed by atoms with Crippen LogP contribution in [-0.2, 0) is 4.74 Å². The molecule has 0 aliphatic heterocycles. The van der Waals surface area contributed by atoms with Crippen LogP contribution in [0.1, 0.15) is 39.2 Å². The van der Waals surface area contributed by atoms with E-state index in [1.165, 1.54) is 12.1 Å². The number of alkyl carbamates (subject to hydrolysis) is 1. The maximum Gasteiger partial charge on any atom is 0.407 e. The van der Waals surface area contributed by atoms with Crippen LogP contribution in [0.2, 0.25) is 0 Å². The number of anilines is 1. The lowest BCUT2D eigenvalue weighted by Gasteiger charge is -2.21. The number of amides is 1. The van der Waals surface area contributed by atoms with Crippen LogP contribution >= 0.6 is 0 Å². The highest BCUT2D eigenvalue weighted by Gasteiger charge is 2.17. The first kappa shape index (κ1) is 15.3. The van der Waals surface area contributed by atoms with Crippen LogP contribution in [0.25, 0.3) is 0 Å². The minimum atomic E-state index is -0.546. The fourth-order valence-electron chi connectivity index (χ4n) is 1.60. The zero-order valence-electron chi connectivity index (χ0n) is 11.8. The van der Waals surface area contributed by atoms with Crippen molar-refractivity contribution in [2.24, 2.45) is 0 Å². The Morgan fingerprint density at radius 2 is 2.11 bits per heavy atom. The third kappa shape index (κ3) is 5.16. The summed E-state index contributed by atoms with van der Waals surface area (Å²) in [6.45, 7) is 7.46. The summed E-state index contributed by atoms with van der Waals surface area (Å²) in [5.41, 5.74) is 6.06. The van der Waals surface area contributed by atoms with Crippen LogP contribution in [0.4, 0.5) is 14.9 Å². The molecular formula is C14H21FN2O2. The zero-order chi connectivity index (χ0) is 14.6. The third-order valence-corrected chi connectivity index (χ3v) is 2.50. The maximum atomic E-state index is 13.6. The van der Waals surface area contributed by atoms with Gasteiger partial charge in [-0.25, -0.2) is 9.18 Å². The molecule has 19 heavy (non-hydrogen) atoms. The smallest absolute Gasteiger partial charge is 0.407 e. The average Bonchev–Trinajstić information content (AvgIpc) is 2.27. The van der Waals surface area contributed by atoms with Crippen LogP contribution < -0.4 is 11.1 Å². The van der Waals surface area contributed by atoms with Gasteiger partial charge in [-0.05, 0) is 44.5 Å². The van der Waals surface area contributed by atoms with E-state index < -0.39 is 11.7 Å². The Kier molecular flexibility index (Phi) is 4.75. The lowest BCUT2D eigenvalue weighted by atomic mass is 10.00. The first-order chi connectivity index (χ1) is 8.69. The van der Waals surface area contributed by atoms with Gasteiger partial charge in [-0.1, -0.05) is 6.92 Å². The highest BCUT2D eigenvalue weighted by atomic mass is 19.1. The Morgan fingerprint density at radius 3 is 2.68 bits per heavy atom. The molecule has 1 aromatic rings. The minimum absolute atomic E-state index is 0.184. The molecule has 0 aromatic heterocycles. The first-order valence-corrected chi connectivity index (χ1v) is 6.21. The van der Waals surface area contributed by atoms with Gasteiger partial charge in [0, 0.05) is 18.2 Å². The number of rotatable bonds is 3. The number of carbonyl (C=O) groups excluding carboxylic acids is 1. The molecule has 0 aliphatic carbocycles. The minimum Gasteiger partial charge on any atom is -0.444 e. The normalized spacial score (nSPS) is 12.9. The van der Waals surface area contributed by atoms with Gasteiger partial charge >= 0.3 is 6.09 Å². The van der Waals surface area contributed by atoms with Gasteiger partial charge in [0.2, 0.25) is 0 Å². The molecule has 0 aliphatic rings. The zero-order valence-corrected chi connectivity index (χ0v) is 11.8. The van der Waals surface area contributed by atoms with Gasteiger partial charge in [0.25, 0.3) is 0 Å². The van der Waals surface area contributed by atoms with Crippen molar-refractivity contribution in [3.8, 4) is 0 Å². The van der Waals surface area contributed by atoms with Gasteiger partial charge in [-0.15, -0.1) is 0 Å². The molecule has 1 rings (SSSR count). The monoisotopic (exact) mass is 268 g/mol. The Bertz CT molecular complexity index is 455. The molecule has 0 saturated carbocycles. The van der Waals surface area contributed by atoms with Crippen LogP contribution in [0.5, 0.6) is 0 Å². The van der Waals surface area contributed by atoms with E-state index in [1.54, 1.807) is 26.8 Å². The lowest BCUT2D eigenvalue weighted by molar-refractivity contribution is 0.0525. The van der Waals surface area contributed by atoms with Gasteiger partial charge in [-0.3, -0.25) is 0 Å². The van der Waals surface area contributed by atoms with Crippen molar-refractivity contribution in [1.82, 2.24) is 5.32 Å². The Labute approximate surface area is 113 Å². The first-order valence-electron chi connectivity index (χ1n) is 6.21. The number of nitrogen functional groups attached to an aromatic ring is 1. The van der Waals surface area contributed by atoms with E-state index in [1.807, 2.05) is 6.92 Å². The summed E-state index contributed by atoms with van der Waals surface area (Å²) >= 11 is 0. The number of carbonyl (C=O) groups is 1. The molecule has 5 heteroatoms. The number of nitrogens with two attached hydrogens (primary N) is 1. The summed E-state index contributed by atoms with van der Waals surface area (Å²) in [6, 6.07) is 4.41. The number of ether oxygens (including phenoxy) is 1. The molecule has 0 bridgehead atoms.